The molecule has 1 heterocycles. The van der Waals surface area contributed by atoms with Crippen LogP contribution < -0.4 is 0 Å². The Balaban J connectivity index is 2.15. The maximum Gasteiger partial charge on any atom is 0.191 e. The van der Waals surface area contributed by atoms with Gasteiger partial charge in [-0.1, -0.05) is 42.5 Å². The minimum absolute atomic E-state index is 0.251. The van der Waals surface area contributed by atoms with Gasteiger partial charge in [-0.25, -0.2) is 0 Å². The fourth-order valence-electron chi connectivity index (χ4n) is 2.98. The summed E-state index contributed by atoms with van der Waals surface area (Å²) in [6.45, 7) is -0.582. The van der Waals surface area contributed by atoms with Crippen LogP contribution in [0.15, 0.2) is 42.5 Å². The van der Waals surface area contributed by atoms with E-state index in [0.717, 1.165) is 5.39 Å². The van der Waals surface area contributed by atoms with E-state index < -0.39 is 36.8 Å². The van der Waals surface area contributed by atoms with E-state index in [1.807, 2.05) is 18.2 Å². The second-order valence-electron chi connectivity index (χ2n) is 5.50. The van der Waals surface area contributed by atoms with Gasteiger partial charge in [0.1, 0.15) is 18.3 Å². The van der Waals surface area contributed by atoms with Crippen molar-refractivity contribution in [3.63, 3.8) is 0 Å². The second kappa shape index (κ2) is 5.58. The summed E-state index contributed by atoms with van der Waals surface area (Å²) < 4.78 is 5.08. The van der Waals surface area contributed by atoms with Gasteiger partial charge in [-0.15, -0.1) is 0 Å². The summed E-state index contributed by atoms with van der Waals surface area (Å²) >= 11 is 0. The van der Waals surface area contributed by atoms with Crippen LogP contribution in [0.3, 0.4) is 0 Å². The lowest BCUT2D eigenvalue weighted by Crippen LogP contribution is -2.64. The smallest absolute Gasteiger partial charge is 0.191 e. The van der Waals surface area contributed by atoms with Crippen molar-refractivity contribution in [2.75, 3.05) is 6.61 Å². The highest BCUT2D eigenvalue weighted by atomic mass is 16.6. The number of fused-ring (bicyclic) bond motifs is 1. The Morgan fingerprint density at radius 3 is 2.41 bits per heavy atom. The molecule has 1 fully saturated rings. The third kappa shape index (κ3) is 2.13. The summed E-state index contributed by atoms with van der Waals surface area (Å²) in [6.07, 6.45) is -6.19. The Kier molecular flexibility index (Phi) is 3.90. The van der Waals surface area contributed by atoms with Crippen molar-refractivity contribution in [3.8, 4) is 0 Å². The van der Waals surface area contributed by atoms with Crippen LogP contribution in [0.1, 0.15) is 5.56 Å². The van der Waals surface area contributed by atoms with Crippen molar-refractivity contribution < 1.29 is 30.3 Å². The van der Waals surface area contributed by atoms with Gasteiger partial charge < -0.3 is 30.3 Å². The molecule has 2 aromatic rings. The molecule has 0 aromatic heterocycles. The van der Waals surface area contributed by atoms with Gasteiger partial charge in [0, 0.05) is 0 Å². The largest absolute Gasteiger partial charge is 0.394 e. The molecule has 1 aliphatic rings. The average molecular weight is 306 g/mol. The van der Waals surface area contributed by atoms with Crippen molar-refractivity contribution >= 4 is 10.8 Å². The molecule has 5 N–H and O–H groups in total. The number of hydrogen-bond donors (Lipinski definition) is 5. The Morgan fingerprint density at radius 2 is 1.68 bits per heavy atom. The van der Waals surface area contributed by atoms with Crippen LogP contribution in [0.5, 0.6) is 0 Å². The maximum absolute atomic E-state index is 10.9. The number of rotatable bonds is 2. The van der Waals surface area contributed by atoms with E-state index in [4.69, 9.17) is 9.84 Å². The molecule has 22 heavy (non-hydrogen) atoms. The Labute approximate surface area is 126 Å². The lowest BCUT2D eigenvalue weighted by molar-refractivity contribution is -0.334. The van der Waals surface area contributed by atoms with Crippen LogP contribution in [0, 0.1) is 0 Å². The fraction of sp³-hybridized carbons (Fsp3) is 0.375. The van der Waals surface area contributed by atoms with Gasteiger partial charge in [0.25, 0.3) is 0 Å². The van der Waals surface area contributed by atoms with Crippen molar-refractivity contribution in [2.45, 2.75) is 30.2 Å². The summed E-state index contributed by atoms with van der Waals surface area (Å²) in [4.78, 5) is 0. The standard InChI is InChI=1S/C16H18O6/c17-8-12-13(18)14(19)16(21,15(20)22-12)11-7-3-5-9-4-1-2-6-10(9)11/h1-7,12-15,17-21H,8H2/t12-,13+,14+,15+,16-/m1/s1. The highest BCUT2D eigenvalue weighted by Crippen LogP contribution is 2.40. The van der Waals surface area contributed by atoms with E-state index in [-0.39, 0.29) is 5.56 Å². The van der Waals surface area contributed by atoms with E-state index in [2.05, 4.69) is 0 Å². The minimum Gasteiger partial charge on any atom is -0.394 e. The van der Waals surface area contributed by atoms with Gasteiger partial charge in [-0.2, -0.15) is 0 Å². The van der Waals surface area contributed by atoms with E-state index in [1.165, 1.54) is 0 Å². The maximum atomic E-state index is 10.9. The normalized spacial score (nSPS) is 35.7. The van der Waals surface area contributed by atoms with Gasteiger partial charge in [-0.3, -0.25) is 0 Å². The molecule has 0 saturated carbocycles. The summed E-state index contributed by atoms with van der Waals surface area (Å²) in [5.41, 5.74) is -1.95. The van der Waals surface area contributed by atoms with Crippen molar-refractivity contribution in [1.29, 1.82) is 0 Å². The summed E-state index contributed by atoms with van der Waals surface area (Å²) in [5.74, 6) is 0. The molecule has 0 aliphatic carbocycles. The zero-order valence-corrected chi connectivity index (χ0v) is 11.7. The first-order valence-electron chi connectivity index (χ1n) is 7.01. The predicted molar refractivity (Wildman–Crippen MR) is 77.8 cm³/mol. The third-order valence-corrected chi connectivity index (χ3v) is 4.24. The first-order chi connectivity index (χ1) is 10.5. The molecule has 0 bridgehead atoms. The molecule has 0 amide bonds. The van der Waals surface area contributed by atoms with Crippen molar-refractivity contribution in [3.05, 3.63) is 48.0 Å². The zero-order valence-electron chi connectivity index (χ0n) is 11.7. The van der Waals surface area contributed by atoms with Crippen molar-refractivity contribution in [2.24, 2.45) is 0 Å². The Bertz CT molecular complexity index is 669. The van der Waals surface area contributed by atoms with Crippen LogP contribution in [0.4, 0.5) is 0 Å². The molecule has 1 aliphatic heterocycles. The highest BCUT2D eigenvalue weighted by molar-refractivity contribution is 5.86. The van der Waals surface area contributed by atoms with E-state index in [0.29, 0.717) is 5.39 Å². The van der Waals surface area contributed by atoms with E-state index in [9.17, 15) is 20.4 Å². The van der Waals surface area contributed by atoms with Crippen LogP contribution in [0.25, 0.3) is 10.8 Å². The first-order valence-corrected chi connectivity index (χ1v) is 7.01. The average Bonchev–Trinajstić information content (AvgIpc) is 2.55. The molecule has 0 unspecified atom stereocenters. The molecule has 0 radical (unpaired) electrons. The summed E-state index contributed by atoms with van der Waals surface area (Å²) in [7, 11) is 0. The highest BCUT2D eigenvalue weighted by Gasteiger charge is 2.55. The van der Waals surface area contributed by atoms with Gasteiger partial charge in [0.15, 0.2) is 11.9 Å². The lowest BCUT2D eigenvalue weighted by Gasteiger charge is -2.46. The van der Waals surface area contributed by atoms with Gasteiger partial charge in [0.2, 0.25) is 0 Å². The molecule has 1 saturated heterocycles. The molecular formula is C16H18O6. The fourth-order valence-corrected chi connectivity index (χ4v) is 2.98. The molecule has 5 atom stereocenters. The minimum atomic E-state index is -2.20. The Hall–Kier alpha value is -1.54. The number of benzene rings is 2. The molecular weight excluding hydrogens is 288 g/mol. The molecule has 6 nitrogen and oxygen atoms in total. The van der Waals surface area contributed by atoms with E-state index in [1.54, 1.807) is 24.3 Å². The number of ether oxygens (including phenoxy) is 1. The predicted octanol–water partition coefficient (Wildman–Crippen LogP) is -0.541. The number of aliphatic hydroxyl groups is 5. The van der Waals surface area contributed by atoms with Crippen LogP contribution in [-0.4, -0.2) is 56.7 Å². The summed E-state index contributed by atoms with van der Waals surface area (Å²) in [6, 6.07) is 12.2. The van der Waals surface area contributed by atoms with Gasteiger partial charge >= 0.3 is 0 Å². The Morgan fingerprint density at radius 1 is 1.00 bits per heavy atom. The monoisotopic (exact) mass is 306 g/mol. The quantitative estimate of drug-likeness (QED) is 0.510. The lowest BCUT2D eigenvalue weighted by atomic mass is 9.79. The zero-order chi connectivity index (χ0) is 15.9. The molecule has 6 heteroatoms. The second-order valence-corrected chi connectivity index (χ2v) is 5.50. The molecule has 2 aromatic carbocycles. The number of hydrogen-bond acceptors (Lipinski definition) is 6. The number of aliphatic hydroxyl groups excluding tert-OH is 4. The van der Waals surface area contributed by atoms with Crippen LogP contribution >= 0.6 is 0 Å². The van der Waals surface area contributed by atoms with Gasteiger partial charge in [0.05, 0.1) is 6.61 Å². The van der Waals surface area contributed by atoms with E-state index >= 15 is 0 Å². The third-order valence-electron chi connectivity index (χ3n) is 4.24. The topological polar surface area (TPSA) is 110 Å². The first kappa shape index (κ1) is 15.4. The molecule has 118 valence electrons. The molecule has 3 rings (SSSR count). The van der Waals surface area contributed by atoms with Crippen molar-refractivity contribution in [1.82, 2.24) is 0 Å². The summed E-state index contributed by atoms with van der Waals surface area (Å²) in [5, 5.41) is 52.0. The molecule has 0 spiro atoms. The SMILES string of the molecule is OC[C@H]1O[C@H](O)[C@@](O)(c2cccc3ccccc23)[C@@H](O)[C@H]1O. The van der Waals surface area contributed by atoms with Gasteiger partial charge in [-0.05, 0) is 16.3 Å². The van der Waals surface area contributed by atoms with Crippen LogP contribution in [0.2, 0.25) is 0 Å². The van der Waals surface area contributed by atoms with Crippen LogP contribution in [-0.2, 0) is 10.3 Å².